The summed E-state index contributed by atoms with van der Waals surface area (Å²) in [5.74, 6) is 0.325. The minimum atomic E-state index is -0.370. The topological polar surface area (TPSA) is 64.3 Å². The second-order valence-electron chi connectivity index (χ2n) is 4.81. The van der Waals surface area contributed by atoms with Crippen LogP contribution < -0.4 is 11.1 Å². The zero-order valence-electron chi connectivity index (χ0n) is 10.5. The molecule has 0 aliphatic carbocycles. The van der Waals surface area contributed by atoms with Gasteiger partial charge in [0.05, 0.1) is 6.10 Å². The molecule has 0 aromatic rings. The van der Waals surface area contributed by atoms with Crippen LogP contribution in [-0.2, 0) is 9.53 Å². The molecule has 1 amide bonds. The summed E-state index contributed by atoms with van der Waals surface area (Å²) < 4.78 is 5.55. The molecule has 0 saturated carbocycles. The molecule has 4 atom stereocenters. The number of carbonyl (C=O) groups is 1. The van der Waals surface area contributed by atoms with Crippen LogP contribution in [0.1, 0.15) is 40.0 Å². The van der Waals surface area contributed by atoms with Crippen molar-refractivity contribution >= 4 is 5.91 Å². The third-order valence-electron chi connectivity index (χ3n) is 3.59. The van der Waals surface area contributed by atoms with E-state index in [2.05, 4.69) is 26.1 Å². The number of amides is 1. The van der Waals surface area contributed by atoms with E-state index in [1.165, 1.54) is 6.42 Å². The van der Waals surface area contributed by atoms with E-state index in [4.69, 9.17) is 10.5 Å². The SMILES string of the molecule is CCC(C)C(C)NCC1CCC(C(N)=O)O1. The molecule has 16 heavy (non-hydrogen) atoms. The van der Waals surface area contributed by atoms with Crippen molar-refractivity contribution in [3.8, 4) is 0 Å². The Kier molecular flexibility index (Phi) is 5.22. The molecule has 1 saturated heterocycles. The summed E-state index contributed by atoms with van der Waals surface area (Å²) in [7, 11) is 0. The smallest absolute Gasteiger partial charge is 0.246 e. The molecule has 0 radical (unpaired) electrons. The Morgan fingerprint density at radius 3 is 2.69 bits per heavy atom. The van der Waals surface area contributed by atoms with Crippen molar-refractivity contribution in [2.45, 2.75) is 58.3 Å². The molecule has 1 rings (SSSR count). The normalized spacial score (nSPS) is 28.9. The van der Waals surface area contributed by atoms with Crippen molar-refractivity contribution < 1.29 is 9.53 Å². The van der Waals surface area contributed by atoms with Gasteiger partial charge in [0.1, 0.15) is 6.10 Å². The maximum absolute atomic E-state index is 10.9. The molecule has 0 aromatic carbocycles. The second kappa shape index (κ2) is 6.21. The number of primary amides is 1. The largest absolute Gasteiger partial charge is 0.367 e. The van der Waals surface area contributed by atoms with E-state index in [9.17, 15) is 4.79 Å². The molecule has 0 spiro atoms. The van der Waals surface area contributed by atoms with Gasteiger partial charge in [-0.1, -0.05) is 20.3 Å². The van der Waals surface area contributed by atoms with Gasteiger partial charge in [0.2, 0.25) is 5.91 Å². The summed E-state index contributed by atoms with van der Waals surface area (Å²) in [5, 5.41) is 3.46. The fraction of sp³-hybridized carbons (Fsp3) is 0.917. The third kappa shape index (κ3) is 3.76. The minimum Gasteiger partial charge on any atom is -0.367 e. The maximum Gasteiger partial charge on any atom is 0.246 e. The lowest BCUT2D eigenvalue weighted by Crippen LogP contribution is -2.38. The van der Waals surface area contributed by atoms with Crippen molar-refractivity contribution in [1.82, 2.24) is 5.32 Å². The quantitative estimate of drug-likeness (QED) is 0.714. The summed E-state index contributed by atoms with van der Waals surface area (Å²) in [4.78, 5) is 10.9. The Labute approximate surface area is 97.9 Å². The number of ether oxygens (including phenoxy) is 1. The summed E-state index contributed by atoms with van der Waals surface area (Å²) >= 11 is 0. The zero-order valence-corrected chi connectivity index (χ0v) is 10.5. The first-order chi connectivity index (χ1) is 7.54. The Balaban J connectivity index is 2.22. The molecule has 3 N–H and O–H groups in total. The van der Waals surface area contributed by atoms with E-state index < -0.39 is 0 Å². The predicted molar refractivity (Wildman–Crippen MR) is 64.0 cm³/mol. The Morgan fingerprint density at radius 1 is 1.50 bits per heavy atom. The van der Waals surface area contributed by atoms with Crippen LogP contribution in [0.3, 0.4) is 0 Å². The summed E-state index contributed by atoms with van der Waals surface area (Å²) in [5.41, 5.74) is 5.20. The average Bonchev–Trinajstić information content (AvgIpc) is 2.73. The molecule has 1 fully saturated rings. The van der Waals surface area contributed by atoms with Gasteiger partial charge in [0.25, 0.3) is 0 Å². The van der Waals surface area contributed by atoms with Crippen molar-refractivity contribution in [2.24, 2.45) is 11.7 Å². The number of hydrogen-bond donors (Lipinski definition) is 2. The van der Waals surface area contributed by atoms with Crippen molar-refractivity contribution in [1.29, 1.82) is 0 Å². The van der Waals surface area contributed by atoms with Crippen LogP contribution >= 0.6 is 0 Å². The molecule has 1 aliphatic rings. The van der Waals surface area contributed by atoms with Crippen LogP contribution in [0.2, 0.25) is 0 Å². The Bertz CT molecular complexity index is 233. The standard InChI is InChI=1S/C12H24N2O2/c1-4-8(2)9(3)14-7-10-5-6-11(16-10)12(13)15/h8-11,14H,4-7H2,1-3H3,(H2,13,15). The first-order valence-electron chi connectivity index (χ1n) is 6.22. The monoisotopic (exact) mass is 228 g/mol. The van der Waals surface area contributed by atoms with Crippen LogP contribution in [0.5, 0.6) is 0 Å². The molecule has 1 aliphatic heterocycles. The van der Waals surface area contributed by atoms with Gasteiger partial charge >= 0.3 is 0 Å². The molecule has 94 valence electrons. The van der Waals surface area contributed by atoms with Gasteiger partial charge in [0, 0.05) is 12.6 Å². The zero-order chi connectivity index (χ0) is 12.1. The lowest BCUT2D eigenvalue weighted by molar-refractivity contribution is -0.128. The third-order valence-corrected chi connectivity index (χ3v) is 3.59. The van der Waals surface area contributed by atoms with Crippen LogP contribution in [0.15, 0.2) is 0 Å². The number of nitrogens with one attached hydrogen (secondary N) is 1. The lowest BCUT2D eigenvalue weighted by atomic mass is 10.0. The number of carbonyl (C=O) groups excluding carboxylic acids is 1. The second-order valence-corrected chi connectivity index (χ2v) is 4.81. The van der Waals surface area contributed by atoms with Crippen LogP contribution in [0.25, 0.3) is 0 Å². The van der Waals surface area contributed by atoms with Crippen molar-refractivity contribution in [2.75, 3.05) is 6.54 Å². The predicted octanol–water partition coefficient (Wildman–Crippen LogP) is 1.04. The molecular formula is C12H24N2O2. The summed E-state index contributed by atoms with van der Waals surface area (Å²) in [6.07, 6.45) is 2.63. The van der Waals surface area contributed by atoms with E-state index in [1.54, 1.807) is 0 Å². The summed E-state index contributed by atoms with van der Waals surface area (Å²) in [6, 6.07) is 0.487. The molecule has 4 nitrogen and oxygen atoms in total. The van der Waals surface area contributed by atoms with Gasteiger partial charge in [-0.15, -0.1) is 0 Å². The lowest BCUT2D eigenvalue weighted by Gasteiger charge is -2.22. The van der Waals surface area contributed by atoms with Gasteiger partial charge in [-0.2, -0.15) is 0 Å². The minimum absolute atomic E-state index is 0.143. The molecular weight excluding hydrogens is 204 g/mol. The van der Waals surface area contributed by atoms with Gasteiger partial charge in [-0.05, 0) is 25.7 Å². The van der Waals surface area contributed by atoms with E-state index in [0.717, 1.165) is 19.4 Å². The fourth-order valence-electron chi connectivity index (χ4n) is 1.94. The fourth-order valence-corrected chi connectivity index (χ4v) is 1.94. The number of nitrogens with two attached hydrogens (primary N) is 1. The first-order valence-corrected chi connectivity index (χ1v) is 6.22. The van der Waals surface area contributed by atoms with Gasteiger partial charge in [-0.25, -0.2) is 0 Å². The molecule has 0 aromatic heterocycles. The molecule has 0 bridgehead atoms. The molecule has 1 heterocycles. The summed E-state index contributed by atoms with van der Waals surface area (Å²) in [6.45, 7) is 7.43. The van der Waals surface area contributed by atoms with Crippen LogP contribution in [0.4, 0.5) is 0 Å². The highest BCUT2D eigenvalue weighted by atomic mass is 16.5. The molecule has 4 unspecified atom stereocenters. The number of rotatable bonds is 6. The van der Waals surface area contributed by atoms with Crippen molar-refractivity contribution in [3.05, 3.63) is 0 Å². The van der Waals surface area contributed by atoms with Gasteiger partial charge in [-0.3, -0.25) is 4.79 Å². The van der Waals surface area contributed by atoms with Gasteiger partial charge in [0.15, 0.2) is 0 Å². The van der Waals surface area contributed by atoms with E-state index in [0.29, 0.717) is 12.0 Å². The average molecular weight is 228 g/mol. The molecule has 4 heteroatoms. The Hall–Kier alpha value is -0.610. The van der Waals surface area contributed by atoms with E-state index in [-0.39, 0.29) is 18.1 Å². The Morgan fingerprint density at radius 2 is 2.19 bits per heavy atom. The number of hydrogen-bond acceptors (Lipinski definition) is 3. The highest BCUT2D eigenvalue weighted by molar-refractivity contribution is 5.79. The van der Waals surface area contributed by atoms with Crippen LogP contribution in [-0.4, -0.2) is 30.7 Å². The maximum atomic E-state index is 10.9. The first kappa shape index (κ1) is 13.5. The van der Waals surface area contributed by atoms with E-state index >= 15 is 0 Å². The van der Waals surface area contributed by atoms with E-state index in [1.807, 2.05) is 0 Å². The van der Waals surface area contributed by atoms with Crippen molar-refractivity contribution in [3.63, 3.8) is 0 Å². The highest BCUT2D eigenvalue weighted by Gasteiger charge is 2.29. The highest BCUT2D eigenvalue weighted by Crippen LogP contribution is 2.19. The van der Waals surface area contributed by atoms with Crippen LogP contribution in [0, 0.1) is 5.92 Å². The van der Waals surface area contributed by atoms with Gasteiger partial charge < -0.3 is 15.8 Å².